The Kier molecular flexibility index (Phi) is 4.18. The first-order chi connectivity index (χ1) is 7.78. The van der Waals surface area contributed by atoms with Crippen molar-refractivity contribution in [1.82, 2.24) is 0 Å². The lowest BCUT2D eigenvalue weighted by Crippen LogP contribution is -2.22. The van der Waals surface area contributed by atoms with Crippen molar-refractivity contribution in [3.63, 3.8) is 0 Å². The standard InChI is InChI=1S/C13H16ClNO2/c1-13(2,3)17-12(16)7-5-9-4-6-10(14)11(15)8-9/h4-8H,15H2,1-3H3/b7-5+. The van der Waals surface area contributed by atoms with Crippen LogP contribution in [0.15, 0.2) is 24.3 Å². The number of benzene rings is 1. The highest BCUT2D eigenvalue weighted by atomic mass is 35.5. The Morgan fingerprint density at radius 1 is 1.41 bits per heavy atom. The first-order valence-electron chi connectivity index (χ1n) is 5.24. The molecule has 92 valence electrons. The first kappa shape index (κ1) is 13.6. The van der Waals surface area contributed by atoms with E-state index in [-0.39, 0.29) is 5.97 Å². The molecule has 4 heteroatoms. The second kappa shape index (κ2) is 5.23. The highest BCUT2D eigenvalue weighted by Gasteiger charge is 2.13. The van der Waals surface area contributed by atoms with Crippen LogP contribution in [0, 0.1) is 0 Å². The monoisotopic (exact) mass is 253 g/mol. The van der Waals surface area contributed by atoms with Gasteiger partial charge in [0.1, 0.15) is 5.60 Å². The minimum absolute atomic E-state index is 0.383. The van der Waals surface area contributed by atoms with E-state index >= 15 is 0 Å². The zero-order chi connectivity index (χ0) is 13.1. The summed E-state index contributed by atoms with van der Waals surface area (Å²) in [6.07, 6.45) is 3.01. The molecule has 0 heterocycles. The molecular formula is C13H16ClNO2. The van der Waals surface area contributed by atoms with Crippen LogP contribution in [0.2, 0.25) is 5.02 Å². The summed E-state index contributed by atoms with van der Waals surface area (Å²) in [5.41, 5.74) is 6.45. The molecule has 0 radical (unpaired) electrons. The van der Waals surface area contributed by atoms with Gasteiger partial charge in [-0.3, -0.25) is 0 Å². The van der Waals surface area contributed by atoms with E-state index in [1.165, 1.54) is 6.08 Å². The molecule has 0 unspecified atom stereocenters. The maximum Gasteiger partial charge on any atom is 0.331 e. The summed E-state index contributed by atoms with van der Waals surface area (Å²) in [5, 5.41) is 0.499. The fraction of sp³-hybridized carbons (Fsp3) is 0.308. The summed E-state index contributed by atoms with van der Waals surface area (Å²) < 4.78 is 5.13. The van der Waals surface area contributed by atoms with E-state index < -0.39 is 5.60 Å². The number of hydrogen-bond donors (Lipinski definition) is 1. The van der Waals surface area contributed by atoms with Crippen LogP contribution < -0.4 is 5.73 Å². The lowest BCUT2D eigenvalue weighted by molar-refractivity contribution is -0.148. The molecule has 1 aromatic carbocycles. The van der Waals surface area contributed by atoms with E-state index in [0.29, 0.717) is 10.7 Å². The SMILES string of the molecule is CC(C)(C)OC(=O)/C=C/c1ccc(Cl)c(N)c1. The third-order valence-corrected chi connectivity index (χ3v) is 2.18. The van der Waals surface area contributed by atoms with Crippen LogP contribution in [0.3, 0.4) is 0 Å². The van der Waals surface area contributed by atoms with Crippen molar-refractivity contribution in [1.29, 1.82) is 0 Å². The summed E-state index contributed by atoms with van der Waals surface area (Å²) >= 11 is 5.79. The summed E-state index contributed by atoms with van der Waals surface area (Å²) in [5.74, 6) is -0.383. The Bertz CT molecular complexity index is 447. The van der Waals surface area contributed by atoms with Gasteiger partial charge in [-0.15, -0.1) is 0 Å². The Morgan fingerprint density at radius 3 is 2.59 bits per heavy atom. The number of nitrogens with two attached hydrogens (primary N) is 1. The van der Waals surface area contributed by atoms with Gasteiger partial charge in [-0.05, 0) is 44.5 Å². The summed E-state index contributed by atoms with van der Waals surface area (Å²) in [4.78, 5) is 11.4. The van der Waals surface area contributed by atoms with Gasteiger partial charge in [0.15, 0.2) is 0 Å². The van der Waals surface area contributed by atoms with Gasteiger partial charge in [0, 0.05) is 6.08 Å². The molecular weight excluding hydrogens is 238 g/mol. The van der Waals surface area contributed by atoms with Crippen LogP contribution >= 0.6 is 11.6 Å². The second-order valence-corrected chi connectivity index (χ2v) is 5.05. The smallest absolute Gasteiger partial charge is 0.331 e. The molecule has 0 aliphatic rings. The van der Waals surface area contributed by atoms with Crippen molar-refractivity contribution < 1.29 is 9.53 Å². The van der Waals surface area contributed by atoms with Crippen molar-refractivity contribution in [3.8, 4) is 0 Å². The van der Waals surface area contributed by atoms with Crippen molar-refractivity contribution in [2.75, 3.05) is 5.73 Å². The Labute approximate surface area is 106 Å². The van der Waals surface area contributed by atoms with Gasteiger partial charge < -0.3 is 10.5 Å². The number of hydrogen-bond acceptors (Lipinski definition) is 3. The van der Waals surface area contributed by atoms with E-state index in [1.54, 1.807) is 24.3 Å². The van der Waals surface area contributed by atoms with Crippen LogP contribution in [0.1, 0.15) is 26.3 Å². The van der Waals surface area contributed by atoms with E-state index in [2.05, 4.69) is 0 Å². The molecule has 0 spiro atoms. The number of carbonyl (C=O) groups is 1. The third kappa shape index (κ3) is 4.91. The lowest BCUT2D eigenvalue weighted by atomic mass is 10.2. The van der Waals surface area contributed by atoms with Gasteiger partial charge >= 0.3 is 5.97 Å². The predicted molar refractivity (Wildman–Crippen MR) is 70.7 cm³/mol. The largest absolute Gasteiger partial charge is 0.457 e. The molecule has 17 heavy (non-hydrogen) atoms. The van der Waals surface area contributed by atoms with E-state index in [9.17, 15) is 4.79 Å². The fourth-order valence-corrected chi connectivity index (χ4v) is 1.28. The zero-order valence-corrected chi connectivity index (χ0v) is 10.9. The van der Waals surface area contributed by atoms with Crippen LogP contribution in [-0.2, 0) is 9.53 Å². The van der Waals surface area contributed by atoms with E-state index in [4.69, 9.17) is 22.1 Å². The number of esters is 1. The van der Waals surface area contributed by atoms with Gasteiger partial charge in [-0.2, -0.15) is 0 Å². The Hall–Kier alpha value is -1.48. The van der Waals surface area contributed by atoms with Gasteiger partial charge in [-0.25, -0.2) is 4.79 Å². The Morgan fingerprint density at radius 2 is 2.06 bits per heavy atom. The van der Waals surface area contributed by atoms with Crippen LogP contribution in [0.25, 0.3) is 6.08 Å². The van der Waals surface area contributed by atoms with Crippen LogP contribution in [0.5, 0.6) is 0 Å². The van der Waals surface area contributed by atoms with Gasteiger partial charge in [0.25, 0.3) is 0 Å². The highest BCUT2D eigenvalue weighted by molar-refractivity contribution is 6.33. The third-order valence-electron chi connectivity index (χ3n) is 1.84. The average Bonchev–Trinajstić information content (AvgIpc) is 2.17. The van der Waals surface area contributed by atoms with Crippen LogP contribution in [-0.4, -0.2) is 11.6 Å². The number of ether oxygens (including phenoxy) is 1. The van der Waals surface area contributed by atoms with E-state index in [0.717, 1.165) is 5.56 Å². The molecule has 0 amide bonds. The number of nitrogen functional groups attached to an aromatic ring is 1. The normalized spacial score (nSPS) is 11.8. The van der Waals surface area contributed by atoms with Crippen molar-refractivity contribution >= 4 is 29.3 Å². The molecule has 1 aromatic rings. The highest BCUT2D eigenvalue weighted by Crippen LogP contribution is 2.20. The molecule has 0 saturated carbocycles. The molecule has 0 fully saturated rings. The quantitative estimate of drug-likeness (QED) is 0.500. The number of halogens is 1. The van der Waals surface area contributed by atoms with Crippen molar-refractivity contribution in [2.45, 2.75) is 26.4 Å². The van der Waals surface area contributed by atoms with Gasteiger partial charge in [-0.1, -0.05) is 17.7 Å². The molecule has 2 N–H and O–H groups in total. The zero-order valence-electron chi connectivity index (χ0n) is 10.2. The predicted octanol–water partition coefficient (Wildman–Crippen LogP) is 3.28. The number of rotatable bonds is 2. The van der Waals surface area contributed by atoms with E-state index in [1.807, 2.05) is 20.8 Å². The van der Waals surface area contributed by atoms with Crippen molar-refractivity contribution in [2.24, 2.45) is 0 Å². The number of carbonyl (C=O) groups excluding carboxylic acids is 1. The second-order valence-electron chi connectivity index (χ2n) is 4.65. The maximum atomic E-state index is 11.4. The maximum absolute atomic E-state index is 11.4. The van der Waals surface area contributed by atoms with Gasteiger partial charge in [0.2, 0.25) is 0 Å². The molecule has 0 atom stereocenters. The molecule has 0 aromatic heterocycles. The lowest BCUT2D eigenvalue weighted by Gasteiger charge is -2.17. The fourth-order valence-electron chi connectivity index (χ4n) is 1.17. The minimum atomic E-state index is -0.486. The number of anilines is 1. The molecule has 0 aliphatic heterocycles. The molecule has 0 aliphatic carbocycles. The summed E-state index contributed by atoms with van der Waals surface area (Å²) in [6.45, 7) is 5.46. The molecule has 3 nitrogen and oxygen atoms in total. The average molecular weight is 254 g/mol. The summed E-state index contributed by atoms with van der Waals surface area (Å²) in [6, 6.07) is 5.16. The van der Waals surface area contributed by atoms with Crippen molar-refractivity contribution in [3.05, 3.63) is 34.9 Å². The van der Waals surface area contributed by atoms with Crippen LogP contribution in [0.4, 0.5) is 5.69 Å². The summed E-state index contributed by atoms with van der Waals surface area (Å²) in [7, 11) is 0. The molecule has 0 bridgehead atoms. The topological polar surface area (TPSA) is 52.3 Å². The molecule has 0 saturated heterocycles. The Balaban J connectivity index is 2.71. The first-order valence-corrected chi connectivity index (χ1v) is 5.62. The molecule has 1 rings (SSSR count). The van der Waals surface area contributed by atoms with Gasteiger partial charge in [0.05, 0.1) is 10.7 Å². The minimum Gasteiger partial charge on any atom is -0.457 e.